The number of benzene rings is 1. The van der Waals surface area contributed by atoms with Crippen molar-refractivity contribution in [2.75, 3.05) is 26.8 Å². The summed E-state index contributed by atoms with van der Waals surface area (Å²) in [6.07, 6.45) is 1.89. The smallest absolute Gasteiger partial charge is 0.251 e. The van der Waals surface area contributed by atoms with Crippen LogP contribution in [0.5, 0.6) is 0 Å². The first kappa shape index (κ1) is 15.0. The maximum absolute atomic E-state index is 12.4. The number of hydrogen-bond acceptors (Lipinski definition) is 3. The molecule has 1 amide bonds. The third-order valence-electron chi connectivity index (χ3n) is 3.94. The Morgan fingerprint density at radius 1 is 1.45 bits per heavy atom. The molecule has 0 saturated carbocycles. The van der Waals surface area contributed by atoms with Gasteiger partial charge in [0.2, 0.25) is 0 Å². The van der Waals surface area contributed by atoms with E-state index < -0.39 is 0 Å². The normalized spacial score (nSPS) is 19.8. The van der Waals surface area contributed by atoms with Gasteiger partial charge in [-0.3, -0.25) is 4.79 Å². The lowest BCUT2D eigenvalue weighted by Crippen LogP contribution is -2.38. The van der Waals surface area contributed by atoms with Crippen molar-refractivity contribution in [3.05, 3.63) is 35.4 Å². The second-order valence-electron chi connectivity index (χ2n) is 5.40. The van der Waals surface area contributed by atoms with E-state index in [0.717, 1.165) is 43.7 Å². The fourth-order valence-corrected chi connectivity index (χ4v) is 2.57. The van der Waals surface area contributed by atoms with Gasteiger partial charge in [-0.1, -0.05) is 18.2 Å². The Balaban J connectivity index is 2.00. The van der Waals surface area contributed by atoms with E-state index in [1.54, 1.807) is 0 Å². The number of carbonyl (C=O) groups is 1. The lowest BCUT2D eigenvalue weighted by atomic mass is 9.99. The molecule has 0 aliphatic carbocycles. The molecule has 1 aliphatic rings. The summed E-state index contributed by atoms with van der Waals surface area (Å²) in [5, 5.41) is 6.24. The van der Waals surface area contributed by atoms with Crippen LogP contribution in [0.3, 0.4) is 0 Å². The quantitative estimate of drug-likeness (QED) is 0.830. The first-order valence-corrected chi connectivity index (χ1v) is 7.33. The number of ether oxygens (including phenoxy) is 1. The molecule has 2 unspecified atom stereocenters. The van der Waals surface area contributed by atoms with Crippen LogP contribution < -0.4 is 10.6 Å². The maximum Gasteiger partial charge on any atom is 0.251 e. The molecule has 0 bridgehead atoms. The van der Waals surface area contributed by atoms with Crippen LogP contribution in [0.25, 0.3) is 0 Å². The predicted octanol–water partition coefficient (Wildman–Crippen LogP) is 1.60. The van der Waals surface area contributed by atoms with Gasteiger partial charge in [0.15, 0.2) is 0 Å². The highest BCUT2D eigenvalue weighted by atomic mass is 16.5. The fraction of sp³-hybridized carbons (Fsp3) is 0.562. The predicted molar refractivity (Wildman–Crippen MR) is 79.9 cm³/mol. The molecule has 1 fully saturated rings. The van der Waals surface area contributed by atoms with Crippen LogP contribution in [0.2, 0.25) is 0 Å². The first-order valence-electron chi connectivity index (χ1n) is 7.33. The first-order chi connectivity index (χ1) is 9.72. The van der Waals surface area contributed by atoms with Gasteiger partial charge in [-0.15, -0.1) is 0 Å². The van der Waals surface area contributed by atoms with E-state index in [0.29, 0.717) is 5.92 Å². The van der Waals surface area contributed by atoms with Crippen molar-refractivity contribution in [3.63, 3.8) is 0 Å². The van der Waals surface area contributed by atoms with Crippen LogP contribution in [0, 0.1) is 5.92 Å². The van der Waals surface area contributed by atoms with E-state index in [1.807, 2.05) is 31.3 Å². The van der Waals surface area contributed by atoms with Crippen molar-refractivity contribution in [2.24, 2.45) is 5.92 Å². The zero-order valence-corrected chi connectivity index (χ0v) is 12.3. The van der Waals surface area contributed by atoms with Gasteiger partial charge >= 0.3 is 0 Å². The molecular weight excluding hydrogens is 252 g/mol. The van der Waals surface area contributed by atoms with Gasteiger partial charge in [0.05, 0.1) is 6.61 Å². The van der Waals surface area contributed by atoms with Crippen molar-refractivity contribution in [3.8, 4) is 0 Å². The summed E-state index contributed by atoms with van der Waals surface area (Å²) in [4.78, 5) is 12.4. The summed E-state index contributed by atoms with van der Waals surface area (Å²) in [6, 6.07) is 7.98. The Morgan fingerprint density at radius 3 is 2.95 bits per heavy atom. The Morgan fingerprint density at radius 2 is 2.25 bits per heavy atom. The van der Waals surface area contributed by atoms with Crippen LogP contribution in [-0.4, -0.2) is 38.8 Å². The summed E-state index contributed by atoms with van der Waals surface area (Å²) < 4.78 is 5.38. The number of hydrogen-bond donors (Lipinski definition) is 2. The van der Waals surface area contributed by atoms with E-state index >= 15 is 0 Å². The van der Waals surface area contributed by atoms with Crippen LogP contribution in [0.15, 0.2) is 24.3 Å². The molecular formula is C16H24N2O2. The second-order valence-corrected chi connectivity index (χ2v) is 5.40. The van der Waals surface area contributed by atoms with Crippen molar-refractivity contribution in [1.82, 2.24) is 10.6 Å². The zero-order chi connectivity index (χ0) is 14.4. The number of amides is 1. The summed E-state index contributed by atoms with van der Waals surface area (Å²) in [5.74, 6) is 0.458. The number of nitrogens with one attached hydrogen (secondary N) is 2. The van der Waals surface area contributed by atoms with Crippen LogP contribution >= 0.6 is 0 Å². The molecule has 2 rings (SSSR count). The largest absolute Gasteiger partial charge is 0.381 e. The summed E-state index contributed by atoms with van der Waals surface area (Å²) >= 11 is 0. The standard InChI is InChI=1S/C16H24N2O2/c1-12(14-8-10-20-11-14)18-16(19)15-6-4-3-5-13(15)7-9-17-2/h3-6,12,14,17H,7-11H2,1-2H3,(H,18,19). The Kier molecular flexibility index (Phi) is 5.56. The van der Waals surface area contributed by atoms with Gasteiger partial charge in [0, 0.05) is 24.1 Å². The minimum absolute atomic E-state index is 0.0242. The maximum atomic E-state index is 12.4. The lowest BCUT2D eigenvalue weighted by Gasteiger charge is -2.20. The van der Waals surface area contributed by atoms with Crippen LogP contribution in [0.1, 0.15) is 29.3 Å². The molecule has 2 atom stereocenters. The highest BCUT2D eigenvalue weighted by molar-refractivity contribution is 5.95. The van der Waals surface area contributed by atoms with E-state index in [4.69, 9.17) is 4.74 Å². The molecule has 4 heteroatoms. The monoisotopic (exact) mass is 276 g/mol. The van der Waals surface area contributed by atoms with Gasteiger partial charge in [-0.2, -0.15) is 0 Å². The topological polar surface area (TPSA) is 50.4 Å². The highest BCUT2D eigenvalue weighted by Crippen LogP contribution is 2.17. The minimum atomic E-state index is 0.0242. The molecule has 110 valence electrons. The molecule has 0 aromatic heterocycles. The molecule has 1 aromatic carbocycles. The molecule has 1 heterocycles. The molecule has 20 heavy (non-hydrogen) atoms. The molecule has 0 spiro atoms. The van der Waals surface area contributed by atoms with Crippen molar-refractivity contribution in [2.45, 2.75) is 25.8 Å². The summed E-state index contributed by atoms with van der Waals surface area (Å²) in [5.41, 5.74) is 1.88. The molecule has 0 radical (unpaired) electrons. The number of rotatable bonds is 6. The Hall–Kier alpha value is -1.39. The van der Waals surface area contributed by atoms with Gasteiger partial charge in [0.25, 0.3) is 5.91 Å². The van der Waals surface area contributed by atoms with Crippen molar-refractivity contribution < 1.29 is 9.53 Å². The fourth-order valence-electron chi connectivity index (χ4n) is 2.57. The summed E-state index contributed by atoms with van der Waals surface area (Å²) in [7, 11) is 1.92. The third kappa shape index (κ3) is 3.81. The zero-order valence-electron chi connectivity index (χ0n) is 12.3. The van der Waals surface area contributed by atoms with Crippen LogP contribution in [-0.2, 0) is 11.2 Å². The van der Waals surface area contributed by atoms with E-state index in [2.05, 4.69) is 17.6 Å². The third-order valence-corrected chi connectivity index (χ3v) is 3.94. The summed E-state index contributed by atoms with van der Waals surface area (Å²) in [6.45, 7) is 4.50. The molecule has 2 N–H and O–H groups in total. The Labute approximate surface area is 120 Å². The van der Waals surface area contributed by atoms with Gasteiger partial charge in [0.1, 0.15) is 0 Å². The lowest BCUT2D eigenvalue weighted by molar-refractivity contribution is 0.0921. The molecule has 1 aromatic rings. The van der Waals surface area contributed by atoms with Gasteiger partial charge < -0.3 is 15.4 Å². The Bertz CT molecular complexity index is 442. The van der Waals surface area contributed by atoms with Gasteiger partial charge in [-0.25, -0.2) is 0 Å². The van der Waals surface area contributed by atoms with Gasteiger partial charge in [-0.05, 0) is 45.0 Å². The number of likely N-dealkylation sites (N-methyl/N-ethyl adjacent to an activating group) is 1. The second kappa shape index (κ2) is 7.41. The number of carbonyl (C=O) groups excluding carboxylic acids is 1. The SMILES string of the molecule is CNCCc1ccccc1C(=O)NC(C)C1CCOC1. The average molecular weight is 276 g/mol. The van der Waals surface area contributed by atoms with E-state index in [1.165, 1.54) is 0 Å². The molecule has 1 saturated heterocycles. The minimum Gasteiger partial charge on any atom is -0.381 e. The van der Waals surface area contributed by atoms with Crippen LogP contribution in [0.4, 0.5) is 0 Å². The molecule has 1 aliphatic heterocycles. The highest BCUT2D eigenvalue weighted by Gasteiger charge is 2.24. The molecule has 4 nitrogen and oxygen atoms in total. The van der Waals surface area contributed by atoms with Crippen molar-refractivity contribution in [1.29, 1.82) is 0 Å². The van der Waals surface area contributed by atoms with E-state index in [9.17, 15) is 4.79 Å². The van der Waals surface area contributed by atoms with Crippen molar-refractivity contribution >= 4 is 5.91 Å². The van der Waals surface area contributed by atoms with E-state index in [-0.39, 0.29) is 11.9 Å². The average Bonchev–Trinajstić information content (AvgIpc) is 2.99.